The number of nitrogens with one attached hydrogen (secondary N) is 2. The molecule has 2 N–H and O–H groups in total. The van der Waals surface area contributed by atoms with Gasteiger partial charge >= 0.3 is 0 Å². The van der Waals surface area contributed by atoms with Crippen LogP contribution in [0.3, 0.4) is 0 Å². The minimum absolute atomic E-state index is 0.120. The minimum atomic E-state index is -0.193. The van der Waals surface area contributed by atoms with E-state index >= 15 is 0 Å². The van der Waals surface area contributed by atoms with Gasteiger partial charge in [0.25, 0.3) is 0 Å². The third-order valence-electron chi connectivity index (χ3n) is 3.91. The van der Waals surface area contributed by atoms with E-state index in [0.29, 0.717) is 5.75 Å². The summed E-state index contributed by atoms with van der Waals surface area (Å²) in [6.07, 6.45) is 3.20. The molecule has 26 heavy (non-hydrogen) atoms. The van der Waals surface area contributed by atoms with E-state index in [-0.39, 0.29) is 24.6 Å². The number of fused-ring (bicyclic) bond motifs is 1. The molecule has 2 amide bonds. The van der Waals surface area contributed by atoms with Gasteiger partial charge in [-0.05, 0) is 48.4 Å². The van der Waals surface area contributed by atoms with Crippen LogP contribution in [-0.4, -0.2) is 18.6 Å². The van der Waals surface area contributed by atoms with Crippen molar-refractivity contribution >= 4 is 23.6 Å². The summed E-state index contributed by atoms with van der Waals surface area (Å²) in [6, 6.07) is 12.7. The number of ether oxygens (including phenoxy) is 2. The van der Waals surface area contributed by atoms with Crippen molar-refractivity contribution < 1.29 is 19.1 Å². The first-order chi connectivity index (χ1) is 12.5. The maximum Gasteiger partial charge on any atom is 0.244 e. The van der Waals surface area contributed by atoms with Gasteiger partial charge in [0.1, 0.15) is 0 Å². The van der Waals surface area contributed by atoms with E-state index in [1.54, 1.807) is 18.2 Å². The summed E-state index contributed by atoms with van der Waals surface area (Å²) in [7, 11) is 0. The Morgan fingerprint density at radius 1 is 1.08 bits per heavy atom. The fourth-order valence-electron chi connectivity index (χ4n) is 2.58. The zero-order valence-electron chi connectivity index (χ0n) is 14.6. The summed E-state index contributed by atoms with van der Waals surface area (Å²) in [5.41, 5.74) is 2.52. The van der Waals surface area contributed by atoms with Gasteiger partial charge in [-0.25, -0.2) is 0 Å². The summed E-state index contributed by atoms with van der Waals surface area (Å²) in [5.74, 6) is 1.10. The van der Waals surface area contributed by atoms with E-state index in [0.717, 1.165) is 22.6 Å². The Kier molecular flexibility index (Phi) is 5.22. The van der Waals surface area contributed by atoms with Crippen LogP contribution in [0.5, 0.6) is 11.5 Å². The van der Waals surface area contributed by atoms with Crippen LogP contribution in [0.4, 0.5) is 5.69 Å². The molecule has 0 saturated heterocycles. The first kappa shape index (κ1) is 17.5. The highest BCUT2D eigenvalue weighted by molar-refractivity contribution is 5.92. The number of amides is 2. The molecule has 6 nitrogen and oxygen atoms in total. The van der Waals surface area contributed by atoms with Crippen molar-refractivity contribution in [2.24, 2.45) is 0 Å². The van der Waals surface area contributed by atoms with Crippen LogP contribution >= 0.6 is 0 Å². The van der Waals surface area contributed by atoms with Crippen LogP contribution in [0.15, 0.2) is 48.5 Å². The molecule has 6 heteroatoms. The van der Waals surface area contributed by atoms with Crippen molar-refractivity contribution in [1.29, 1.82) is 0 Å². The van der Waals surface area contributed by atoms with Gasteiger partial charge in [0.2, 0.25) is 18.6 Å². The number of carbonyl (C=O) groups is 2. The van der Waals surface area contributed by atoms with Gasteiger partial charge in [-0.1, -0.05) is 18.2 Å². The summed E-state index contributed by atoms with van der Waals surface area (Å²) in [6.45, 7) is 3.59. The Bertz CT molecular complexity index is 843. The van der Waals surface area contributed by atoms with Crippen molar-refractivity contribution in [1.82, 2.24) is 5.32 Å². The smallest absolute Gasteiger partial charge is 0.244 e. The average molecular weight is 352 g/mol. The molecule has 1 atom stereocenters. The molecule has 0 fully saturated rings. The molecule has 134 valence electrons. The van der Waals surface area contributed by atoms with E-state index < -0.39 is 0 Å². The molecule has 1 aliphatic heterocycles. The first-order valence-corrected chi connectivity index (χ1v) is 8.27. The predicted octanol–water partition coefficient (Wildman–Crippen LogP) is 3.26. The maximum atomic E-state index is 12.1. The molecule has 0 saturated carbocycles. The predicted molar refractivity (Wildman–Crippen MR) is 98.9 cm³/mol. The molecule has 3 rings (SSSR count). The lowest BCUT2D eigenvalue weighted by Gasteiger charge is -2.13. The lowest BCUT2D eigenvalue weighted by molar-refractivity contribution is -0.117. The van der Waals surface area contributed by atoms with Gasteiger partial charge in [-0.15, -0.1) is 0 Å². The van der Waals surface area contributed by atoms with E-state index in [1.807, 2.05) is 37.3 Å². The Hall–Kier alpha value is -3.28. The standard InChI is InChI=1S/C20H20N2O4/c1-13(16-6-9-18-19(11-16)26-12-25-18)21-20(24)10-5-15-3-7-17(8-4-15)22-14(2)23/h3-11,13H,12H2,1-2H3,(H,21,24)(H,22,23)/b10-5+. The maximum absolute atomic E-state index is 12.1. The second kappa shape index (κ2) is 7.74. The average Bonchev–Trinajstić information content (AvgIpc) is 3.08. The zero-order valence-corrected chi connectivity index (χ0v) is 14.6. The Balaban J connectivity index is 1.57. The van der Waals surface area contributed by atoms with E-state index in [4.69, 9.17) is 9.47 Å². The molecule has 0 spiro atoms. The molecule has 0 aromatic heterocycles. The van der Waals surface area contributed by atoms with E-state index in [1.165, 1.54) is 13.0 Å². The van der Waals surface area contributed by atoms with Crippen molar-refractivity contribution in [2.75, 3.05) is 12.1 Å². The highest BCUT2D eigenvalue weighted by Gasteiger charge is 2.16. The number of benzene rings is 2. The Morgan fingerprint density at radius 3 is 2.54 bits per heavy atom. The van der Waals surface area contributed by atoms with Crippen LogP contribution in [0.1, 0.15) is 31.0 Å². The van der Waals surface area contributed by atoms with Gasteiger partial charge in [0.15, 0.2) is 11.5 Å². The van der Waals surface area contributed by atoms with Crippen LogP contribution in [0.2, 0.25) is 0 Å². The monoisotopic (exact) mass is 352 g/mol. The van der Waals surface area contributed by atoms with Crippen molar-refractivity contribution in [3.8, 4) is 11.5 Å². The molecule has 1 aliphatic rings. The number of hydrogen-bond donors (Lipinski definition) is 2. The van der Waals surface area contributed by atoms with Crippen LogP contribution in [0, 0.1) is 0 Å². The van der Waals surface area contributed by atoms with Gasteiger partial charge in [0.05, 0.1) is 6.04 Å². The fourth-order valence-corrected chi connectivity index (χ4v) is 2.58. The summed E-state index contributed by atoms with van der Waals surface area (Å²) in [4.78, 5) is 23.1. The largest absolute Gasteiger partial charge is 0.454 e. The van der Waals surface area contributed by atoms with E-state index in [2.05, 4.69) is 10.6 Å². The van der Waals surface area contributed by atoms with Crippen LogP contribution in [-0.2, 0) is 9.59 Å². The molecule has 2 aromatic carbocycles. The summed E-state index contributed by atoms with van der Waals surface area (Å²) in [5, 5.41) is 5.61. The van der Waals surface area contributed by atoms with Gasteiger partial charge in [-0.3, -0.25) is 9.59 Å². The van der Waals surface area contributed by atoms with E-state index in [9.17, 15) is 9.59 Å². The number of carbonyl (C=O) groups excluding carboxylic acids is 2. The number of hydrogen-bond acceptors (Lipinski definition) is 4. The molecule has 0 bridgehead atoms. The minimum Gasteiger partial charge on any atom is -0.454 e. The fraction of sp³-hybridized carbons (Fsp3) is 0.200. The highest BCUT2D eigenvalue weighted by Crippen LogP contribution is 2.34. The van der Waals surface area contributed by atoms with Gasteiger partial charge < -0.3 is 20.1 Å². The molecule has 0 radical (unpaired) electrons. The quantitative estimate of drug-likeness (QED) is 0.810. The zero-order chi connectivity index (χ0) is 18.5. The SMILES string of the molecule is CC(=O)Nc1ccc(/C=C/C(=O)NC(C)c2ccc3c(c2)OCO3)cc1. The summed E-state index contributed by atoms with van der Waals surface area (Å²) < 4.78 is 10.6. The molecule has 2 aromatic rings. The van der Waals surface area contributed by atoms with Crippen LogP contribution < -0.4 is 20.1 Å². The highest BCUT2D eigenvalue weighted by atomic mass is 16.7. The third-order valence-corrected chi connectivity index (χ3v) is 3.91. The molecule has 0 aliphatic carbocycles. The second-order valence-corrected chi connectivity index (χ2v) is 5.98. The molecule has 1 heterocycles. The van der Waals surface area contributed by atoms with Crippen molar-refractivity contribution in [2.45, 2.75) is 19.9 Å². The van der Waals surface area contributed by atoms with Crippen molar-refractivity contribution in [3.05, 3.63) is 59.7 Å². The number of rotatable bonds is 5. The molecular weight excluding hydrogens is 332 g/mol. The van der Waals surface area contributed by atoms with Gasteiger partial charge in [-0.2, -0.15) is 0 Å². The number of anilines is 1. The molecular formula is C20H20N2O4. The van der Waals surface area contributed by atoms with Crippen LogP contribution in [0.25, 0.3) is 6.08 Å². The third kappa shape index (κ3) is 4.42. The summed E-state index contributed by atoms with van der Waals surface area (Å²) >= 11 is 0. The first-order valence-electron chi connectivity index (χ1n) is 8.27. The van der Waals surface area contributed by atoms with Gasteiger partial charge in [0, 0.05) is 18.7 Å². The second-order valence-electron chi connectivity index (χ2n) is 5.98. The Labute approximate surface area is 151 Å². The normalized spacial score (nSPS) is 13.5. The Morgan fingerprint density at radius 2 is 1.81 bits per heavy atom. The molecule has 1 unspecified atom stereocenters. The van der Waals surface area contributed by atoms with Crippen molar-refractivity contribution in [3.63, 3.8) is 0 Å². The lowest BCUT2D eigenvalue weighted by Crippen LogP contribution is -2.24. The topological polar surface area (TPSA) is 76.7 Å². The lowest BCUT2D eigenvalue weighted by atomic mass is 10.1.